The molecular weight excluding hydrogens is 268 g/mol. The molecular formula is C12H22N2O4S. The predicted octanol–water partition coefficient (Wildman–Crippen LogP) is -0.0947. The first kappa shape index (κ1) is 14.7. The molecule has 7 heteroatoms. The van der Waals surface area contributed by atoms with E-state index in [0.717, 1.165) is 12.8 Å². The van der Waals surface area contributed by atoms with E-state index in [9.17, 15) is 13.2 Å². The third kappa shape index (κ3) is 3.67. The zero-order chi connectivity index (χ0) is 14.0. The van der Waals surface area contributed by atoms with Gasteiger partial charge in [-0.05, 0) is 25.2 Å². The van der Waals surface area contributed by atoms with Crippen LogP contribution in [0.1, 0.15) is 19.3 Å². The summed E-state index contributed by atoms with van der Waals surface area (Å²) in [5, 5.41) is 0. The van der Waals surface area contributed by atoms with Crippen LogP contribution in [0.5, 0.6) is 0 Å². The number of sulfonamides is 1. The van der Waals surface area contributed by atoms with Crippen molar-refractivity contribution in [1.82, 2.24) is 9.21 Å². The van der Waals surface area contributed by atoms with Crippen molar-refractivity contribution < 1.29 is 17.9 Å². The largest absolute Gasteiger partial charge is 0.371 e. The molecule has 19 heavy (non-hydrogen) atoms. The molecule has 6 nitrogen and oxygen atoms in total. The number of nitrogens with zero attached hydrogens (tertiary/aromatic N) is 2. The minimum Gasteiger partial charge on any atom is -0.371 e. The first-order valence-corrected chi connectivity index (χ1v) is 8.55. The highest BCUT2D eigenvalue weighted by Crippen LogP contribution is 2.35. The maximum Gasteiger partial charge on any atom is 0.252 e. The quantitative estimate of drug-likeness (QED) is 0.725. The van der Waals surface area contributed by atoms with Gasteiger partial charge in [0.1, 0.15) is 6.10 Å². The molecule has 1 saturated heterocycles. The van der Waals surface area contributed by atoms with Crippen LogP contribution in [0.2, 0.25) is 0 Å². The molecule has 1 aliphatic heterocycles. The van der Waals surface area contributed by atoms with Gasteiger partial charge < -0.3 is 9.64 Å². The smallest absolute Gasteiger partial charge is 0.252 e. The lowest BCUT2D eigenvalue weighted by molar-refractivity contribution is -0.143. The van der Waals surface area contributed by atoms with Gasteiger partial charge in [-0.2, -0.15) is 0 Å². The van der Waals surface area contributed by atoms with Crippen LogP contribution in [0.15, 0.2) is 0 Å². The Kier molecular flexibility index (Phi) is 4.47. The Balaban J connectivity index is 1.96. The fourth-order valence-electron chi connectivity index (χ4n) is 2.52. The summed E-state index contributed by atoms with van der Waals surface area (Å²) in [6.45, 7) is 1.94. The zero-order valence-electron chi connectivity index (χ0n) is 11.5. The maximum absolute atomic E-state index is 12.4. The van der Waals surface area contributed by atoms with Gasteiger partial charge in [0.05, 0.1) is 6.26 Å². The number of hydrogen-bond acceptors (Lipinski definition) is 4. The molecule has 0 aromatic heterocycles. The van der Waals surface area contributed by atoms with Crippen molar-refractivity contribution in [3.8, 4) is 0 Å². The summed E-state index contributed by atoms with van der Waals surface area (Å²) in [6.07, 6.45) is 3.65. The molecule has 110 valence electrons. The van der Waals surface area contributed by atoms with Gasteiger partial charge in [0.2, 0.25) is 10.0 Å². The summed E-state index contributed by atoms with van der Waals surface area (Å²) >= 11 is 0. The lowest BCUT2D eigenvalue weighted by Gasteiger charge is -2.25. The third-order valence-corrected chi connectivity index (χ3v) is 5.09. The Morgan fingerprint density at radius 2 is 1.89 bits per heavy atom. The van der Waals surface area contributed by atoms with Crippen LogP contribution in [0.4, 0.5) is 0 Å². The topological polar surface area (TPSA) is 66.9 Å². The van der Waals surface area contributed by atoms with Gasteiger partial charge in [-0.15, -0.1) is 0 Å². The molecule has 0 N–H and O–H groups in total. The molecule has 2 aliphatic rings. The van der Waals surface area contributed by atoms with Gasteiger partial charge in [-0.1, -0.05) is 0 Å². The summed E-state index contributed by atoms with van der Waals surface area (Å²) in [5.41, 5.74) is 0. The van der Waals surface area contributed by atoms with Crippen LogP contribution in [-0.4, -0.2) is 69.2 Å². The fourth-order valence-corrected chi connectivity index (χ4v) is 3.39. The average Bonchev–Trinajstić information content (AvgIpc) is 3.14. The Hall–Kier alpha value is -0.660. The summed E-state index contributed by atoms with van der Waals surface area (Å²) in [5.74, 6) is 0.368. The van der Waals surface area contributed by atoms with E-state index >= 15 is 0 Å². The van der Waals surface area contributed by atoms with E-state index in [1.165, 1.54) is 10.6 Å². The molecule has 0 aromatic rings. The standard InChI is InChI=1S/C12H22N2O4S/c1-18-11(10-4-5-10)12(15)13-6-3-7-14(9-8-13)19(2,16)17/h10-11H,3-9H2,1-2H3. The molecule has 0 spiro atoms. The summed E-state index contributed by atoms with van der Waals surface area (Å²) in [6, 6.07) is 0. The molecule has 2 fully saturated rings. The van der Waals surface area contributed by atoms with E-state index in [1.807, 2.05) is 0 Å². The van der Waals surface area contributed by atoms with Gasteiger partial charge in [0.25, 0.3) is 5.91 Å². The normalized spacial score (nSPS) is 24.0. The lowest BCUT2D eigenvalue weighted by Crippen LogP contribution is -2.43. The van der Waals surface area contributed by atoms with Crippen molar-refractivity contribution in [3.05, 3.63) is 0 Å². The second-order valence-electron chi connectivity index (χ2n) is 5.33. The highest BCUT2D eigenvalue weighted by atomic mass is 32.2. The minimum absolute atomic E-state index is 0.0142. The third-order valence-electron chi connectivity index (χ3n) is 3.78. The van der Waals surface area contributed by atoms with Crippen LogP contribution in [0.25, 0.3) is 0 Å². The minimum atomic E-state index is -3.16. The van der Waals surface area contributed by atoms with Gasteiger partial charge in [0.15, 0.2) is 0 Å². The number of rotatable bonds is 4. The molecule has 2 rings (SSSR count). The monoisotopic (exact) mass is 290 g/mol. The molecule has 1 amide bonds. The van der Waals surface area contributed by atoms with E-state index in [1.54, 1.807) is 12.0 Å². The SMILES string of the molecule is COC(C(=O)N1CCCN(S(C)(=O)=O)CC1)C1CC1. The van der Waals surface area contributed by atoms with Crippen molar-refractivity contribution in [2.24, 2.45) is 5.92 Å². The van der Waals surface area contributed by atoms with E-state index in [-0.39, 0.29) is 12.0 Å². The number of methoxy groups -OCH3 is 1. The Morgan fingerprint density at radius 1 is 1.21 bits per heavy atom. The molecule has 0 radical (unpaired) electrons. The molecule has 1 aliphatic carbocycles. The van der Waals surface area contributed by atoms with Crippen LogP contribution in [-0.2, 0) is 19.6 Å². The van der Waals surface area contributed by atoms with Crippen molar-refractivity contribution in [2.45, 2.75) is 25.4 Å². The zero-order valence-corrected chi connectivity index (χ0v) is 12.4. The Morgan fingerprint density at radius 3 is 2.42 bits per heavy atom. The number of amides is 1. The van der Waals surface area contributed by atoms with Crippen molar-refractivity contribution in [1.29, 1.82) is 0 Å². The van der Waals surface area contributed by atoms with E-state index < -0.39 is 10.0 Å². The Bertz CT molecular complexity index is 433. The number of ether oxygens (including phenoxy) is 1. The maximum atomic E-state index is 12.4. The highest BCUT2D eigenvalue weighted by Gasteiger charge is 2.39. The van der Waals surface area contributed by atoms with E-state index in [0.29, 0.717) is 38.5 Å². The van der Waals surface area contributed by atoms with Gasteiger partial charge >= 0.3 is 0 Å². The van der Waals surface area contributed by atoms with Gasteiger partial charge in [-0.3, -0.25) is 4.79 Å². The molecule has 1 unspecified atom stereocenters. The van der Waals surface area contributed by atoms with Crippen LogP contribution in [0.3, 0.4) is 0 Å². The van der Waals surface area contributed by atoms with E-state index in [4.69, 9.17) is 4.74 Å². The molecule has 0 bridgehead atoms. The summed E-state index contributed by atoms with van der Waals surface area (Å²) in [4.78, 5) is 14.1. The van der Waals surface area contributed by atoms with Crippen LogP contribution < -0.4 is 0 Å². The summed E-state index contributed by atoms with van der Waals surface area (Å²) in [7, 11) is -1.59. The second kappa shape index (κ2) is 5.76. The van der Waals surface area contributed by atoms with Gasteiger partial charge in [-0.25, -0.2) is 12.7 Å². The van der Waals surface area contributed by atoms with Crippen LogP contribution in [0, 0.1) is 5.92 Å². The number of carbonyl (C=O) groups is 1. The molecule has 1 heterocycles. The lowest BCUT2D eigenvalue weighted by atomic mass is 10.2. The number of carbonyl (C=O) groups excluding carboxylic acids is 1. The average molecular weight is 290 g/mol. The van der Waals surface area contributed by atoms with Crippen molar-refractivity contribution in [3.63, 3.8) is 0 Å². The molecule has 1 atom stereocenters. The molecule has 1 saturated carbocycles. The van der Waals surface area contributed by atoms with Crippen LogP contribution >= 0.6 is 0 Å². The first-order valence-electron chi connectivity index (χ1n) is 6.70. The van der Waals surface area contributed by atoms with Crippen molar-refractivity contribution in [2.75, 3.05) is 39.5 Å². The predicted molar refractivity (Wildman–Crippen MR) is 71.1 cm³/mol. The Labute approximate surface area is 114 Å². The number of hydrogen-bond donors (Lipinski definition) is 0. The second-order valence-corrected chi connectivity index (χ2v) is 7.32. The molecule has 0 aromatic carbocycles. The summed E-state index contributed by atoms with van der Waals surface area (Å²) < 4.78 is 29.8. The van der Waals surface area contributed by atoms with Gasteiger partial charge in [0, 0.05) is 33.3 Å². The fraction of sp³-hybridized carbons (Fsp3) is 0.917. The first-order chi connectivity index (χ1) is 8.93. The van der Waals surface area contributed by atoms with E-state index in [2.05, 4.69) is 0 Å². The van der Waals surface area contributed by atoms with Crippen molar-refractivity contribution >= 4 is 15.9 Å². The highest BCUT2D eigenvalue weighted by molar-refractivity contribution is 7.88.